The van der Waals surface area contributed by atoms with Gasteiger partial charge >= 0.3 is 0 Å². The van der Waals surface area contributed by atoms with Crippen LogP contribution in [0.1, 0.15) is 11.6 Å². The van der Waals surface area contributed by atoms with E-state index in [4.69, 9.17) is 9.57 Å². The van der Waals surface area contributed by atoms with Gasteiger partial charge in [-0.1, -0.05) is 60.7 Å². The van der Waals surface area contributed by atoms with Crippen molar-refractivity contribution in [2.75, 3.05) is 17.1 Å². The summed E-state index contributed by atoms with van der Waals surface area (Å²) in [6.45, 7) is 0. The summed E-state index contributed by atoms with van der Waals surface area (Å²) in [5.74, 6) is -0.628. The number of hydrogen-bond acceptors (Lipinski definition) is 5. The summed E-state index contributed by atoms with van der Waals surface area (Å²) in [5.41, 5.74) is 2.18. The Labute approximate surface area is 196 Å². The van der Waals surface area contributed by atoms with E-state index >= 15 is 0 Å². The Bertz CT molecular complexity index is 1400. The van der Waals surface area contributed by atoms with Gasteiger partial charge < -0.3 is 4.74 Å². The van der Waals surface area contributed by atoms with Crippen LogP contribution in [0.3, 0.4) is 0 Å². The predicted molar refractivity (Wildman–Crippen MR) is 129 cm³/mol. The molecule has 4 aromatic rings. The lowest BCUT2D eigenvalue weighted by Gasteiger charge is -2.29. The number of rotatable bonds is 4. The van der Waals surface area contributed by atoms with Crippen LogP contribution < -0.4 is 14.7 Å². The normalized spacial score (nSPS) is 21.9. The number of fused-ring (bicyclic) bond motifs is 2. The van der Waals surface area contributed by atoms with E-state index in [9.17, 15) is 9.59 Å². The smallest absolute Gasteiger partial charge is 0.266 e. The highest BCUT2D eigenvalue weighted by atomic mass is 16.7. The Morgan fingerprint density at radius 3 is 2.29 bits per heavy atom. The number of para-hydroxylation sites is 1. The molecule has 2 amide bonds. The second kappa shape index (κ2) is 8.01. The van der Waals surface area contributed by atoms with Gasteiger partial charge in [-0.25, -0.2) is 9.96 Å². The molecular formula is C28H22N2O4. The van der Waals surface area contributed by atoms with Crippen molar-refractivity contribution in [1.29, 1.82) is 0 Å². The molecule has 0 radical (unpaired) electrons. The van der Waals surface area contributed by atoms with E-state index in [1.165, 1.54) is 4.90 Å². The number of hydroxylamine groups is 1. The molecule has 2 aliphatic rings. The average Bonchev–Trinajstić information content (AvgIpc) is 3.40. The van der Waals surface area contributed by atoms with E-state index in [-0.39, 0.29) is 11.8 Å². The maximum Gasteiger partial charge on any atom is 0.266 e. The van der Waals surface area contributed by atoms with Crippen LogP contribution in [0.15, 0.2) is 97.1 Å². The van der Waals surface area contributed by atoms with Crippen LogP contribution in [0.25, 0.3) is 10.8 Å². The predicted octanol–water partition coefficient (Wildman–Crippen LogP) is 4.90. The number of methoxy groups -OCH3 is 1. The number of anilines is 2. The molecule has 0 aromatic heterocycles. The Morgan fingerprint density at radius 2 is 1.50 bits per heavy atom. The minimum atomic E-state index is -0.907. The molecule has 2 fully saturated rings. The summed E-state index contributed by atoms with van der Waals surface area (Å²) in [4.78, 5) is 34.8. The van der Waals surface area contributed by atoms with E-state index in [2.05, 4.69) is 0 Å². The molecule has 0 N–H and O–H groups in total. The second-order valence-corrected chi connectivity index (χ2v) is 8.48. The average molecular weight is 450 g/mol. The van der Waals surface area contributed by atoms with Gasteiger partial charge in [0.1, 0.15) is 11.7 Å². The molecular weight excluding hydrogens is 428 g/mol. The van der Waals surface area contributed by atoms with Crippen molar-refractivity contribution in [1.82, 2.24) is 0 Å². The van der Waals surface area contributed by atoms with Crippen LogP contribution in [-0.4, -0.2) is 25.0 Å². The number of amides is 2. The van der Waals surface area contributed by atoms with E-state index in [1.54, 1.807) is 12.2 Å². The summed E-state index contributed by atoms with van der Waals surface area (Å²) in [7, 11) is 1.60. The van der Waals surface area contributed by atoms with Gasteiger partial charge in [-0.2, -0.15) is 0 Å². The number of hydrogen-bond donors (Lipinski definition) is 0. The highest BCUT2D eigenvalue weighted by molar-refractivity contribution is 6.24. The molecule has 2 saturated heterocycles. The first kappa shape index (κ1) is 20.4. The van der Waals surface area contributed by atoms with Gasteiger partial charge in [-0.05, 0) is 52.7 Å². The summed E-state index contributed by atoms with van der Waals surface area (Å²) in [5, 5.41) is 3.71. The molecule has 6 heteroatoms. The van der Waals surface area contributed by atoms with Crippen LogP contribution in [0.5, 0.6) is 5.75 Å². The first-order chi connectivity index (χ1) is 16.7. The number of imide groups is 1. The fourth-order valence-electron chi connectivity index (χ4n) is 4.95. The molecule has 0 unspecified atom stereocenters. The highest BCUT2D eigenvalue weighted by Crippen LogP contribution is 2.48. The molecule has 0 spiro atoms. The minimum Gasteiger partial charge on any atom is -0.497 e. The topological polar surface area (TPSA) is 59.1 Å². The largest absolute Gasteiger partial charge is 0.497 e. The zero-order valence-electron chi connectivity index (χ0n) is 18.5. The van der Waals surface area contributed by atoms with Crippen molar-refractivity contribution in [3.05, 3.63) is 103 Å². The monoisotopic (exact) mass is 450 g/mol. The number of ether oxygens (including phenoxy) is 1. The van der Waals surface area contributed by atoms with Crippen LogP contribution in [0.4, 0.5) is 11.4 Å². The molecule has 0 aliphatic carbocycles. The first-order valence-electron chi connectivity index (χ1n) is 11.2. The van der Waals surface area contributed by atoms with E-state index in [0.717, 1.165) is 22.0 Å². The van der Waals surface area contributed by atoms with Crippen molar-refractivity contribution in [3.63, 3.8) is 0 Å². The number of carbonyl (C=O) groups is 2. The molecule has 0 saturated carbocycles. The van der Waals surface area contributed by atoms with Gasteiger partial charge in [0.15, 0.2) is 6.10 Å². The SMILES string of the molecule is COc1cccc([C@@H]2[C@H]3C(=O)N(c4ccc5ccccc5c4)C(=O)[C@H]3ON2c2ccccc2)c1. The van der Waals surface area contributed by atoms with Crippen molar-refractivity contribution in [2.24, 2.45) is 5.92 Å². The Balaban J connectivity index is 1.44. The van der Waals surface area contributed by atoms with Crippen molar-refractivity contribution < 1.29 is 19.2 Å². The third kappa shape index (κ3) is 3.15. The van der Waals surface area contributed by atoms with Crippen molar-refractivity contribution >= 4 is 34.0 Å². The summed E-state index contributed by atoms with van der Waals surface area (Å²) >= 11 is 0. The molecule has 0 bridgehead atoms. The second-order valence-electron chi connectivity index (χ2n) is 8.48. The summed E-state index contributed by atoms with van der Waals surface area (Å²) in [6, 6.07) is 30.1. The highest BCUT2D eigenvalue weighted by Gasteiger charge is 2.60. The van der Waals surface area contributed by atoms with Crippen molar-refractivity contribution in [2.45, 2.75) is 12.1 Å². The van der Waals surface area contributed by atoms with E-state index in [0.29, 0.717) is 11.4 Å². The zero-order chi connectivity index (χ0) is 23.2. The molecule has 3 atom stereocenters. The fourth-order valence-corrected chi connectivity index (χ4v) is 4.95. The minimum absolute atomic E-state index is 0.267. The maximum atomic E-state index is 13.8. The molecule has 34 heavy (non-hydrogen) atoms. The van der Waals surface area contributed by atoms with Crippen LogP contribution >= 0.6 is 0 Å². The first-order valence-corrected chi connectivity index (χ1v) is 11.2. The lowest BCUT2D eigenvalue weighted by atomic mass is 9.90. The molecule has 4 aromatic carbocycles. The van der Waals surface area contributed by atoms with Crippen LogP contribution in [0.2, 0.25) is 0 Å². The maximum absolute atomic E-state index is 13.8. The van der Waals surface area contributed by atoms with E-state index < -0.39 is 18.1 Å². The molecule has 6 rings (SSSR count). The van der Waals surface area contributed by atoms with Gasteiger partial charge in [0.2, 0.25) is 5.91 Å². The lowest BCUT2D eigenvalue weighted by Crippen LogP contribution is -2.37. The van der Waals surface area contributed by atoms with Gasteiger partial charge in [0, 0.05) is 0 Å². The van der Waals surface area contributed by atoms with Gasteiger partial charge in [0.25, 0.3) is 5.91 Å². The Hall–Kier alpha value is -4.16. The van der Waals surface area contributed by atoms with E-state index in [1.807, 2.05) is 97.1 Å². The van der Waals surface area contributed by atoms with Crippen molar-refractivity contribution in [3.8, 4) is 5.75 Å². The molecule has 6 nitrogen and oxygen atoms in total. The standard InChI is InChI=1S/C28H22N2O4/c1-33-23-13-7-10-20(17-23)25-24-26(34-30(25)21-11-3-2-4-12-21)28(32)29(27(24)31)22-15-14-18-8-5-6-9-19(18)16-22/h2-17,24-26H,1H3/t24-,25-,26+/m1/s1. The van der Waals surface area contributed by atoms with Crippen LogP contribution in [-0.2, 0) is 14.4 Å². The molecule has 168 valence electrons. The summed E-state index contributed by atoms with van der Waals surface area (Å²) < 4.78 is 5.42. The third-order valence-electron chi connectivity index (χ3n) is 6.55. The quantitative estimate of drug-likeness (QED) is 0.414. The van der Waals surface area contributed by atoms with Crippen LogP contribution in [0, 0.1) is 5.92 Å². The zero-order valence-corrected chi connectivity index (χ0v) is 18.5. The molecule has 2 aliphatic heterocycles. The van der Waals surface area contributed by atoms with Gasteiger partial charge in [-0.3, -0.25) is 14.4 Å². The number of carbonyl (C=O) groups excluding carboxylic acids is 2. The van der Waals surface area contributed by atoms with Gasteiger partial charge in [0.05, 0.1) is 24.5 Å². The van der Waals surface area contributed by atoms with Gasteiger partial charge in [-0.15, -0.1) is 0 Å². The summed E-state index contributed by atoms with van der Waals surface area (Å²) in [6.07, 6.45) is -0.907. The molecule has 2 heterocycles. The third-order valence-corrected chi connectivity index (χ3v) is 6.55. The lowest BCUT2D eigenvalue weighted by molar-refractivity contribution is -0.126. The number of nitrogens with zero attached hydrogens (tertiary/aromatic N) is 2. The Kier molecular flexibility index (Phi) is 4.81. The Morgan fingerprint density at radius 1 is 0.735 bits per heavy atom. The number of benzene rings is 4. The fraction of sp³-hybridized carbons (Fsp3) is 0.143.